The maximum Gasteiger partial charge on any atom is 0.107 e. The zero-order valence-corrected chi connectivity index (χ0v) is 10.9. The third-order valence-electron chi connectivity index (χ3n) is 4.31. The lowest BCUT2D eigenvalue weighted by molar-refractivity contribution is -0.108. The summed E-state index contributed by atoms with van der Waals surface area (Å²) in [5.41, 5.74) is 0. The van der Waals surface area contributed by atoms with E-state index < -0.39 is 0 Å². The second-order valence-electron chi connectivity index (χ2n) is 5.38. The molecule has 0 aromatic rings. The Kier molecular flexibility index (Phi) is 5.12. The van der Waals surface area contributed by atoms with Crippen molar-refractivity contribution in [2.75, 3.05) is 13.2 Å². The first kappa shape index (κ1) is 13.5. The van der Waals surface area contributed by atoms with Crippen molar-refractivity contribution in [3.63, 3.8) is 0 Å². The van der Waals surface area contributed by atoms with E-state index >= 15 is 0 Å². The Hall–Kier alpha value is -0.960. The Morgan fingerprint density at radius 1 is 0.833 bits per heavy atom. The summed E-state index contributed by atoms with van der Waals surface area (Å²) in [5.74, 6) is 6.69. The zero-order valence-electron chi connectivity index (χ0n) is 10.9. The first-order chi connectivity index (χ1) is 8.85. The van der Waals surface area contributed by atoms with E-state index in [4.69, 9.17) is 22.3 Å². The summed E-state index contributed by atoms with van der Waals surface area (Å²) in [6.07, 6.45) is 18.4. The molecule has 2 aliphatic carbocycles. The van der Waals surface area contributed by atoms with E-state index in [1.165, 1.54) is 25.7 Å². The van der Waals surface area contributed by atoms with Crippen LogP contribution in [0.2, 0.25) is 0 Å². The number of hydrogen-bond donors (Lipinski definition) is 0. The van der Waals surface area contributed by atoms with Crippen LogP contribution in [0.3, 0.4) is 0 Å². The fraction of sp³-hybridized carbons (Fsp3) is 0.750. The average Bonchev–Trinajstić information content (AvgIpc) is 2.42. The summed E-state index contributed by atoms with van der Waals surface area (Å²) < 4.78 is 11.5. The van der Waals surface area contributed by atoms with Crippen molar-refractivity contribution >= 4 is 0 Å². The molecule has 0 radical (unpaired) electrons. The number of terminal acetylenes is 2. The van der Waals surface area contributed by atoms with Gasteiger partial charge in [0.25, 0.3) is 0 Å². The summed E-state index contributed by atoms with van der Waals surface area (Å²) in [6.45, 7) is 0.746. The van der Waals surface area contributed by atoms with Gasteiger partial charge in [-0.3, -0.25) is 0 Å². The summed E-state index contributed by atoms with van der Waals surface area (Å²) in [5, 5.41) is 0. The van der Waals surface area contributed by atoms with Crippen LogP contribution in [0.4, 0.5) is 0 Å². The molecule has 4 atom stereocenters. The molecule has 18 heavy (non-hydrogen) atoms. The van der Waals surface area contributed by atoms with Gasteiger partial charge in [0, 0.05) is 0 Å². The van der Waals surface area contributed by atoms with Gasteiger partial charge in [-0.2, -0.15) is 0 Å². The van der Waals surface area contributed by atoms with Gasteiger partial charge in [-0.1, -0.05) is 37.5 Å². The molecule has 0 amide bonds. The molecule has 98 valence electrons. The molecule has 0 aromatic heterocycles. The van der Waals surface area contributed by atoms with Crippen molar-refractivity contribution in [1.29, 1.82) is 0 Å². The Morgan fingerprint density at radius 2 is 1.28 bits per heavy atom. The van der Waals surface area contributed by atoms with Crippen LogP contribution in [0.5, 0.6) is 0 Å². The topological polar surface area (TPSA) is 18.5 Å². The zero-order chi connectivity index (χ0) is 12.8. The largest absolute Gasteiger partial charge is 0.363 e. The standard InChI is InChI=1S/C16H22O2/c1-3-9-17-15-11-13-7-5-6-8-14(13)12-16(15)18-10-4-2/h1-2,13-16H,5-12H2/t13?,14?,15-,16-/m0/s1. The molecule has 0 aliphatic heterocycles. The smallest absolute Gasteiger partial charge is 0.107 e. The molecule has 0 aromatic carbocycles. The van der Waals surface area contributed by atoms with Gasteiger partial charge in [0.15, 0.2) is 0 Å². The molecule has 2 fully saturated rings. The third-order valence-corrected chi connectivity index (χ3v) is 4.31. The van der Waals surface area contributed by atoms with Crippen molar-refractivity contribution in [3.05, 3.63) is 0 Å². The highest BCUT2D eigenvalue weighted by atomic mass is 16.5. The molecule has 2 aliphatic rings. The summed E-state index contributed by atoms with van der Waals surface area (Å²) in [6, 6.07) is 0. The quantitative estimate of drug-likeness (QED) is 0.710. The Bertz CT molecular complexity index is 302. The van der Waals surface area contributed by atoms with Crippen LogP contribution in [0.15, 0.2) is 0 Å². The summed E-state index contributed by atoms with van der Waals surface area (Å²) in [4.78, 5) is 0. The molecule has 2 rings (SSSR count). The van der Waals surface area contributed by atoms with Gasteiger partial charge in [0.1, 0.15) is 13.2 Å². The maximum absolute atomic E-state index is 5.76. The highest BCUT2D eigenvalue weighted by Gasteiger charge is 2.39. The Balaban J connectivity index is 1.95. The van der Waals surface area contributed by atoms with Gasteiger partial charge >= 0.3 is 0 Å². The van der Waals surface area contributed by atoms with E-state index in [0.29, 0.717) is 13.2 Å². The van der Waals surface area contributed by atoms with E-state index in [1.807, 2.05) is 0 Å². The van der Waals surface area contributed by atoms with Gasteiger partial charge in [-0.05, 0) is 24.7 Å². The van der Waals surface area contributed by atoms with Crippen LogP contribution in [0, 0.1) is 36.5 Å². The molecule has 0 saturated heterocycles. The summed E-state index contributed by atoms with van der Waals surface area (Å²) in [7, 11) is 0. The predicted molar refractivity (Wildman–Crippen MR) is 71.8 cm³/mol. The third kappa shape index (κ3) is 3.29. The number of hydrogen-bond acceptors (Lipinski definition) is 2. The number of ether oxygens (including phenoxy) is 2. The van der Waals surface area contributed by atoms with Gasteiger partial charge in [-0.25, -0.2) is 0 Å². The van der Waals surface area contributed by atoms with Crippen molar-refractivity contribution in [1.82, 2.24) is 0 Å². The first-order valence-electron chi connectivity index (χ1n) is 6.95. The molecule has 2 unspecified atom stereocenters. The van der Waals surface area contributed by atoms with E-state index in [2.05, 4.69) is 11.8 Å². The van der Waals surface area contributed by atoms with Crippen LogP contribution in [-0.4, -0.2) is 25.4 Å². The Morgan fingerprint density at radius 3 is 1.67 bits per heavy atom. The van der Waals surface area contributed by atoms with Crippen LogP contribution in [0.1, 0.15) is 38.5 Å². The van der Waals surface area contributed by atoms with Gasteiger partial charge < -0.3 is 9.47 Å². The summed E-state index contributed by atoms with van der Waals surface area (Å²) >= 11 is 0. The van der Waals surface area contributed by atoms with E-state index in [-0.39, 0.29) is 12.2 Å². The number of rotatable bonds is 4. The minimum Gasteiger partial charge on any atom is -0.363 e. The average molecular weight is 246 g/mol. The second kappa shape index (κ2) is 6.83. The van der Waals surface area contributed by atoms with Crippen LogP contribution < -0.4 is 0 Å². The molecule has 2 saturated carbocycles. The molecular formula is C16H22O2. The molecule has 0 heterocycles. The van der Waals surface area contributed by atoms with Gasteiger partial charge in [-0.15, -0.1) is 12.8 Å². The molecule has 2 heteroatoms. The highest BCUT2D eigenvalue weighted by molar-refractivity contribution is 4.93. The van der Waals surface area contributed by atoms with Crippen LogP contribution in [-0.2, 0) is 9.47 Å². The van der Waals surface area contributed by atoms with Gasteiger partial charge in [0.2, 0.25) is 0 Å². The Labute approximate surface area is 110 Å². The minimum atomic E-state index is 0.133. The molecular weight excluding hydrogens is 224 g/mol. The second-order valence-corrected chi connectivity index (χ2v) is 5.38. The SMILES string of the molecule is C#CCO[C@H]1CC2CCCCC2C[C@@H]1OCC#C. The van der Waals surface area contributed by atoms with E-state index in [9.17, 15) is 0 Å². The minimum absolute atomic E-state index is 0.133. The van der Waals surface area contributed by atoms with Gasteiger partial charge in [0.05, 0.1) is 12.2 Å². The predicted octanol–water partition coefficient (Wildman–Crippen LogP) is 2.62. The lowest BCUT2D eigenvalue weighted by atomic mass is 9.69. The van der Waals surface area contributed by atoms with Crippen molar-refractivity contribution in [3.8, 4) is 24.7 Å². The molecule has 0 spiro atoms. The van der Waals surface area contributed by atoms with Crippen molar-refractivity contribution < 1.29 is 9.47 Å². The van der Waals surface area contributed by atoms with Crippen molar-refractivity contribution in [2.24, 2.45) is 11.8 Å². The van der Waals surface area contributed by atoms with Crippen molar-refractivity contribution in [2.45, 2.75) is 50.7 Å². The maximum atomic E-state index is 5.76. The van der Waals surface area contributed by atoms with E-state index in [1.54, 1.807) is 0 Å². The molecule has 2 nitrogen and oxygen atoms in total. The monoisotopic (exact) mass is 246 g/mol. The van der Waals surface area contributed by atoms with Crippen LogP contribution >= 0.6 is 0 Å². The lowest BCUT2D eigenvalue weighted by Crippen LogP contribution is -2.43. The fourth-order valence-electron chi connectivity index (χ4n) is 3.47. The fourth-order valence-corrected chi connectivity index (χ4v) is 3.47. The first-order valence-corrected chi connectivity index (χ1v) is 6.95. The number of fused-ring (bicyclic) bond motifs is 1. The van der Waals surface area contributed by atoms with Crippen LogP contribution in [0.25, 0.3) is 0 Å². The molecule has 0 bridgehead atoms. The molecule has 0 N–H and O–H groups in total. The van der Waals surface area contributed by atoms with E-state index in [0.717, 1.165) is 24.7 Å². The lowest BCUT2D eigenvalue weighted by Gasteiger charge is -2.43. The normalized spacial score (nSPS) is 35.2. The highest BCUT2D eigenvalue weighted by Crippen LogP contribution is 2.42.